The molecule has 0 unspecified atom stereocenters. The maximum absolute atomic E-state index is 12.4. The summed E-state index contributed by atoms with van der Waals surface area (Å²) in [6.45, 7) is 5.93. The summed E-state index contributed by atoms with van der Waals surface area (Å²) in [4.78, 5) is 14.6. The van der Waals surface area contributed by atoms with Gasteiger partial charge in [-0.05, 0) is 39.7 Å². The third-order valence-corrected chi connectivity index (χ3v) is 3.95. The molecule has 1 saturated carbocycles. The number of nitrogens with one attached hydrogen (secondary N) is 1. The van der Waals surface area contributed by atoms with Crippen molar-refractivity contribution in [1.82, 2.24) is 10.2 Å². The van der Waals surface area contributed by atoms with Crippen molar-refractivity contribution in [2.75, 3.05) is 13.1 Å². The molecule has 1 aliphatic carbocycles. The summed E-state index contributed by atoms with van der Waals surface area (Å²) in [5, 5.41) is 3.35. The Morgan fingerprint density at radius 2 is 1.88 bits per heavy atom. The van der Waals surface area contributed by atoms with Crippen LogP contribution in [0.15, 0.2) is 0 Å². The van der Waals surface area contributed by atoms with Crippen LogP contribution in [0.4, 0.5) is 0 Å². The Morgan fingerprint density at radius 1 is 1.19 bits per heavy atom. The number of rotatable bonds is 1. The Hall–Kier alpha value is -0.570. The van der Waals surface area contributed by atoms with E-state index in [2.05, 4.69) is 10.2 Å². The average Bonchev–Trinajstić information content (AvgIpc) is 2.41. The van der Waals surface area contributed by atoms with Crippen molar-refractivity contribution < 1.29 is 4.79 Å². The van der Waals surface area contributed by atoms with Crippen molar-refractivity contribution >= 4 is 5.91 Å². The van der Waals surface area contributed by atoms with Crippen LogP contribution in [0.3, 0.4) is 0 Å². The van der Waals surface area contributed by atoms with E-state index in [1.807, 2.05) is 13.8 Å². The van der Waals surface area contributed by atoms with E-state index < -0.39 is 0 Å². The molecule has 1 aliphatic heterocycles. The molecule has 1 saturated heterocycles. The Balaban J connectivity index is 2.08. The first-order valence-electron chi connectivity index (χ1n) is 6.67. The first kappa shape index (κ1) is 11.9. The zero-order valence-electron chi connectivity index (χ0n) is 10.6. The van der Waals surface area contributed by atoms with Gasteiger partial charge in [-0.25, -0.2) is 0 Å². The van der Waals surface area contributed by atoms with E-state index in [4.69, 9.17) is 0 Å². The first-order chi connectivity index (χ1) is 7.61. The molecule has 1 heterocycles. The van der Waals surface area contributed by atoms with Crippen LogP contribution in [0.1, 0.15) is 52.4 Å². The number of carbonyl (C=O) groups excluding carboxylic acids is 1. The minimum absolute atomic E-state index is 0.303. The smallest absolute Gasteiger partial charge is 0.242 e. The zero-order chi connectivity index (χ0) is 11.6. The van der Waals surface area contributed by atoms with Gasteiger partial charge in [-0.3, -0.25) is 4.79 Å². The number of amides is 1. The highest BCUT2D eigenvalue weighted by Gasteiger charge is 2.36. The highest BCUT2D eigenvalue weighted by molar-refractivity contribution is 5.86. The molecule has 0 aromatic carbocycles. The maximum atomic E-state index is 12.4. The van der Waals surface area contributed by atoms with Gasteiger partial charge in [0.25, 0.3) is 0 Å². The molecule has 2 fully saturated rings. The summed E-state index contributed by atoms with van der Waals surface area (Å²) in [7, 11) is 0. The molecule has 3 heteroatoms. The fourth-order valence-electron chi connectivity index (χ4n) is 2.93. The second-order valence-electron chi connectivity index (χ2n) is 5.70. The van der Waals surface area contributed by atoms with Gasteiger partial charge in [-0.15, -0.1) is 0 Å². The molecule has 0 radical (unpaired) electrons. The fourth-order valence-corrected chi connectivity index (χ4v) is 2.93. The SMILES string of the molecule is CC1(C)NCCCN(C2CCCCC2)C1=O. The monoisotopic (exact) mass is 224 g/mol. The molecule has 1 N–H and O–H groups in total. The summed E-state index contributed by atoms with van der Waals surface area (Å²) in [6, 6.07) is 0.514. The number of hydrogen-bond acceptors (Lipinski definition) is 2. The predicted octanol–water partition coefficient (Wildman–Crippen LogP) is 1.92. The maximum Gasteiger partial charge on any atom is 0.242 e. The largest absolute Gasteiger partial charge is 0.338 e. The van der Waals surface area contributed by atoms with Crippen LogP contribution < -0.4 is 5.32 Å². The van der Waals surface area contributed by atoms with E-state index in [1.165, 1.54) is 32.1 Å². The van der Waals surface area contributed by atoms with Crippen LogP contribution in [-0.4, -0.2) is 35.5 Å². The van der Waals surface area contributed by atoms with Crippen molar-refractivity contribution in [2.24, 2.45) is 0 Å². The minimum atomic E-state index is -0.367. The second kappa shape index (κ2) is 4.74. The summed E-state index contributed by atoms with van der Waals surface area (Å²) in [6.07, 6.45) is 7.44. The zero-order valence-corrected chi connectivity index (χ0v) is 10.6. The minimum Gasteiger partial charge on any atom is -0.338 e. The normalized spacial score (nSPS) is 27.9. The Bertz CT molecular complexity index is 257. The molecule has 0 spiro atoms. The topological polar surface area (TPSA) is 32.3 Å². The van der Waals surface area contributed by atoms with Crippen molar-refractivity contribution in [2.45, 2.75) is 64.0 Å². The Morgan fingerprint density at radius 3 is 2.56 bits per heavy atom. The Kier molecular flexibility index (Phi) is 3.53. The van der Waals surface area contributed by atoms with E-state index in [0.29, 0.717) is 11.9 Å². The van der Waals surface area contributed by atoms with Gasteiger partial charge >= 0.3 is 0 Å². The molecule has 0 atom stereocenters. The summed E-state index contributed by atoms with van der Waals surface area (Å²) in [5.41, 5.74) is -0.367. The molecule has 2 aliphatic rings. The lowest BCUT2D eigenvalue weighted by Crippen LogP contribution is -2.54. The molecule has 1 amide bonds. The lowest BCUT2D eigenvalue weighted by atomic mass is 9.92. The molecule has 0 aromatic heterocycles. The number of carbonyl (C=O) groups is 1. The van der Waals surface area contributed by atoms with Crippen molar-refractivity contribution in [3.63, 3.8) is 0 Å². The van der Waals surface area contributed by atoms with E-state index in [-0.39, 0.29) is 5.54 Å². The van der Waals surface area contributed by atoms with Gasteiger partial charge in [0, 0.05) is 12.6 Å². The van der Waals surface area contributed by atoms with E-state index in [9.17, 15) is 4.79 Å². The fraction of sp³-hybridized carbons (Fsp3) is 0.923. The van der Waals surface area contributed by atoms with Gasteiger partial charge in [0.2, 0.25) is 5.91 Å². The average molecular weight is 224 g/mol. The van der Waals surface area contributed by atoms with Crippen molar-refractivity contribution in [3.05, 3.63) is 0 Å². The van der Waals surface area contributed by atoms with Gasteiger partial charge in [-0.1, -0.05) is 19.3 Å². The molecular weight excluding hydrogens is 200 g/mol. The van der Waals surface area contributed by atoms with E-state index >= 15 is 0 Å². The van der Waals surface area contributed by atoms with E-state index in [0.717, 1.165) is 19.5 Å². The van der Waals surface area contributed by atoms with Gasteiger partial charge in [-0.2, -0.15) is 0 Å². The van der Waals surface area contributed by atoms with Gasteiger partial charge in [0.05, 0.1) is 5.54 Å². The first-order valence-corrected chi connectivity index (χ1v) is 6.67. The predicted molar refractivity (Wildman–Crippen MR) is 65.3 cm³/mol. The summed E-state index contributed by atoms with van der Waals surface area (Å²) < 4.78 is 0. The highest BCUT2D eigenvalue weighted by atomic mass is 16.2. The lowest BCUT2D eigenvalue weighted by Gasteiger charge is -2.37. The molecular formula is C13H24N2O. The summed E-state index contributed by atoms with van der Waals surface area (Å²) in [5.74, 6) is 0.303. The van der Waals surface area contributed by atoms with Crippen LogP contribution in [0, 0.1) is 0 Å². The summed E-state index contributed by atoms with van der Waals surface area (Å²) >= 11 is 0. The number of nitrogens with zero attached hydrogens (tertiary/aromatic N) is 1. The highest BCUT2D eigenvalue weighted by Crippen LogP contribution is 2.25. The van der Waals surface area contributed by atoms with Crippen LogP contribution in [-0.2, 0) is 4.79 Å². The molecule has 16 heavy (non-hydrogen) atoms. The van der Waals surface area contributed by atoms with Crippen LogP contribution >= 0.6 is 0 Å². The van der Waals surface area contributed by atoms with Crippen molar-refractivity contribution in [1.29, 1.82) is 0 Å². The quantitative estimate of drug-likeness (QED) is 0.738. The molecule has 92 valence electrons. The van der Waals surface area contributed by atoms with Crippen LogP contribution in [0.2, 0.25) is 0 Å². The number of hydrogen-bond donors (Lipinski definition) is 1. The van der Waals surface area contributed by atoms with Crippen LogP contribution in [0.5, 0.6) is 0 Å². The van der Waals surface area contributed by atoms with Gasteiger partial charge < -0.3 is 10.2 Å². The van der Waals surface area contributed by atoms with Gasteiger partial charge in [0.1, 0.15) is 0 Å². The Labute approximate surface area is 98.6 Å². The van der Waals surface area contributed by atoms with Crippen molar-refractivity contribution in [3.8, 4) is 0 Å². The standard InChI is InChI=1S/C13H24N2O/c1-13(2)12(16)15(10-6-9-14-13)11-7-4-3-5-8-11/h11,14H,3-10H2,1-2H3. The third-order valence-electron chi connectivity index (χ3n) is 3.95. The molecule has 0 bridgehead atoms. The molecule has 3 nitrogen and oxygen atoms in total. The molecule has 0 aromatic rings. The van der Waals surface area contributed by atoms with Gasteiger partial charge in [0.15, 0.2) is 0 Å². The lowest BCUT2D eigenvalue weighted by molar-refractivity contribution is -0.139. The second-order valence-corrected chi connectivity index (χ2v) is 5.70. The van der Waals surface area contributed by atoms with Crippen LogP contribution in [0.25, 0.3) is 0 Å². The molecule has 2 rings (SSSR count). The third kappa shape index (κ3) is 2.40. The van der Waals surface area contributed by atoms with E-state index in [1.54, 1.807) is 0 Å².